The average molecular weight is 371 g/mol. The number of fused-ring (bicyclic) bond motifs is 1. The molecule has 0 radical (unpaired) electrons. The number of hydrogen-bond donors (Lipinski definition) is 3. The molecule has 3 aromatic rings. The van der Waals surface area contributed by atoms with Crippen LogP contribution in [0.25, 0.3) is 11.0 Å². The van der Waals surface area contributed by atoms with Gasteiger partial charge in [0.2, 0.25) is 0 Å². The van der Waals surface area contributed by atoms with Gasteiger partial charge in [0, 0.05) is 13.0 Å². The highest BCUT2D eigenvalue weighted by molar-refractivity contribution is 5.93. The molecule has 3 heterocycles. The van der Waals surface area contributed by atoms with Crippen molar-refractivity contribution in [2.45, 2.75) is 32.2 Å². The van der Waals surface area contributed by atoms with Crippen LogP contribution in [-0.2, 0) is 6.42 Å². The Bertz CT molecular complexity index is 958. The number of hydrogen-bond acceptors (Lipinski definition) is 5. The maximum Gasteiger partial charge on any atom is 0.273 e. The Morgan fingerprint density at radius 3 is 3.00 bits per heavy atom. The van der Waals surface area contributed by atoms with Crippen molar-refractivity contribution in [1.29, 1.82) is 0 Å². The first kappa shape index (κ1) is 17.6. The number of H-pyrrole nitrogens is 1. The maximum atomic E-state index is 13.2. The molecule has 0 spiro atoms. The fraction of sp³-hybridized carbons (Fsp3) is 0.444. The number of piperidine rings is 1. The molecule has 1 saturated heterocycles. The zero-order valence-electron chi connectivity index (χ0n) is 15.1. The molecule has 0 bridgehead atoms. The number of aromatic amines is 1. The van der Waals surface area contributed by atoms with E-state index in [0.29, 0.717) is 35.5 Å². The molecule has 1 amide bonds. The smallest absolute Gasteiger partial charge is 0.273 e. The van der Waals surface area contributed by atoms with E-state index in [9.17, 15) is 9.18 Å². The van der Waals surface area contributed by atoms with Gasteiger partial charge in [-0.05, 0) is 51.1 Å². The van der Waals surface area contributed by atoms with Gasteiger partial charge < -0.3 is 15.6 Å². The number of nitrogens with one attached hydrogen (secondary N) is 3. The third-order valence-electron chi connectivity index (χ3n) is 4.94. The van der Waals surface area contributed by atoms with Crippen molar-refractivity contribution in [3.63, 3.8) is 0 Å². The van der Waals surface area contributed by atoms with E-state index >= 15 is 0 Å². The predicted octanol–water partition coefficient (Wildman–Crippen LogP) is 1.50. The summed E-state index contributed by atoms with van der Waals surface area (Å²) < 4.78 is 15.1. The zero-order chi connectivity index (χ0) is 18.8. The first-order valence-corrected chi connectivity index (χ1v) is 9.16. The number of benzene rings is 1. The van der Waals surface area contributed by atoms with Crippen LogP contribution in [0.2, 0.25) is 0 Å². The van der Waals surface area contributed by atoms with Crippen LogP contribution in [0.4, 0.5) is 4.39 Å². The summed E-state index contributed by atoms with van der Waals surface area (Å²) in [5, 5.41) is 14.4. The summed E-state index contributed by atoms with van der Waals surface area (Å²) in [4.78, 5) is 19.9. The molecule has 1 aromatic carbocycles. The molecule has 1 aliphatic rings. The summed E-state index contributed by atoms with van der Waals surface area (Å²) in [7, 11) is 0. The summed E-state index contributed by atoms with van der Waals surface area (Å²) in [6.45, 7) is 4.19. The molecule has 0 aliphatic carbocycles. The molecule has 0 unspecified atom stereocenters. The second-order valence-electron chi connectivity index (χ2n) is 6.80. The first-order valence-electron chi connectivity index (χ1n) is 9.16. The van der Waals surface area contributed by atoms with E-state index < -0.39 is 0 Å². The molecular weight excluding hydrogens is 349 g/mol. The van der Waals surface area contributed by atoms with Crippen molar-refractivity contribution >= 4 is 16.9 Å². The molecular formula is C18H22FN7O. The minimum Gasteiger partial charge on any atom is -0.350 e. The Balaban J connectivity index is 1.37. The minimum absolute atomic E-state index is 0.241. The first-order chi connectivity index (χ1) is 13.1. The Labute approximate surface area is 155 Å². The highest BCUT2D eigenvalue weighted by Gasteiger charge is 2.22. The lowest BCUT2D eigenvalue weighted by molar-refractivity contribution is 0.0948. The van der Waals surface area contributed by atoms with E-state index in [4.69, 9.17) is 0 Å². The van der Waals surface area contributed by atoms with Crippen LogP contribution in [0.5, 0.6) is 0 Å². The lowest BCUT2D eigenvalue weighted by atomic mass is 10.1. The molecule has 27 heavy (non-hydrogen) atoms. The largest absolute Gasteiger partial charge is 0.350 e. The van der Waals surface area contributed by atoms with Crippen LogP contribution in [0.15, 0.2) is 18.2 Å². The van der Waals surface area contributed by atoms with E-state index in [1.807, 2.05) is 11.6 Å². The van der Waals surface area contributed by atoms with Crippen molar-refractivity contribution in [3.8, 4) is 0 Å². The fourth-order valence-corrected chi connectivity index (χ4v) is 3.48. The Morgan fingerprint density at radius 1 is 1.37 bits per heavy atom. The number of carbonyl (C=O) groups excluding carboxylic acids is 1. The summed E-state index contributed by atoms with van der Waals surface area (Å²) in [6.07, 6.45) is 2.49. The maximum absolute atomic E-state index is 13.2. The van der Waals surface area contributed by atoms with Gasteiger partial charge >= 0.3 is 0 Å². The van der Waals surface area contributed by atoms with Crippen molar-refractivity contribution in [3.05, 3.63) is 41.2 Å². The predicted molar refractivity (Wildman–Crippen MR) is 98.0 cm³/mol. The average Bonchev–Trinajstić information content (AvgIpc) is 3.25. The number of halogens is 1. The fourth-order valence-electron chi connectivity index (χ4n) is 3.48. The third-order valence-corrected chi connectivity index (χ3v) is 4.94. The Morgan fingerprint density at radius 2 is 2.19 bits per heavy atom. The molecule has 2 aromatic heterocycles. The zero-order valence-corrected chi connectivity index (χ0v) is 15.1. The number of rotatable bonds is 5. The highest BCUT2D eigenvalue weighted by Crippen LogP contribution is 2.20. The lowest BCUT2D eigenvalue weighted by Crippen LogP contribution is -2.30. The van der Waals surface area contributed by atoms with E-state index in [1.54, 1.807) is 6.07 Å². The van der Waals surface area contributed by atoms with Gasteiger partial charge in [-0.3, -0.25) is 4.79 Å². The van der Waals surface area contributed by atoms with E-state index in [-0.39, 0.29) is 17.8 Å². The normalized spacial score (nSPS) is 15.3. The summed E-state index contributed by atoms with van der Waals surface area (Å²) >= 11 is 0. The topological polar surface area (TPSA) is 101 Å². The number of amides is 1. The van der Waals surface area contributed by atoms with Crippen LogP contribution >= 0.6 is 0 Å². The summed E-state index contributed by atoms with van der Waals surface area (Å²) in [5.41, 5.74) is 2.51. The van der Waals surface area contributed by atoms with Crippen LogP contribution in [0, 0.1) is 12.7 Å². The second kappa shape index (κ2) is 7.43. The molecule has 9 heteroatoms. The summed E-state index contributed by atoms with van der Waals surface area (Å²) in [5.74, 6) is 0.152. The van der Waals surface area contributed by atoms with Crippen molar-refractivity contribution in [1.82, 2.24) is 35.6 Å². The molecule has 142 valence electrons. The van der Waals surface area contributed by atoms with Gasteiger partial charge in [0.05, 0.1) is 22.8 Å². The van der Waals surface area contributed by atoms with Gasteiger partial charge in [-0.25, -0.2) is 14.1 Å². The molecule has 3 N–H and O–H groups in total. The molecule has 1 aliphatic heterocycles. The second-order valence-corrected chi connectivity index (χ2v) is 6.80. The van der Waals surface area contributed by atoms with Crippen molar-refractivity contribution < 1.29 is 9.18 Å². The summed E-state index contributed by atoms with van der Waals surface area (Å²) in [6, 6.07) is 4.71. The minimum atomic E-state index is -0.307. The number of imidazole rings is 1. The monoisotopic (exact) mass is 371 g/mol. The molecule has 4 rings (SSSR count). The molecule has 0 saturated carbocycles. The van der Waals surface area contributed by atoms with Crippen LogP contribution in [-0.4, -0.2) is 50.5 Å². The van der Waals surface area contributed by atoms with Gasteiger partial charge in [0.1, 0.15) is 11.6 Å². The van der Waals surface area contributed by atoms with Gasteiger partial charge in [0.25, 0.3) is 5.91 Å². The van der Waals surface area contributed by atoms with E-state index in [0.717, 1.165) is 31.6 Å². The standard InChI is InChI=1S/C18H22FN7O/c1-11-17(24-25-26(11)13-4-7-20-8-5-13)18(27)21-9-6-16-22-14-3-2-12(19)10-15(14)23-16/h2-3,10,13,20H,4-9H2,1H3,(H,21,27)(H,22,23). The highest BCUT2D eigenvalue weighted by atomic mass is 19.1. The van der Waals surface area contributed by atoms with Gasteiger partial charge in [-0.15, -0.1) is 5.10 Å². The Kier molecular flexibility index (Phi) is 4.85. The third kappa shape index (κ3) is 3.68. The van der Waals surface area contributed by atoms with Gasteiger partial charge in [-0.2, -0.15) is 0 Å². The van der Waals surface area contributed by atoms with E-state index in [2.05, 4.69) is 30.9 Å². The van der Waals surface area contributed by atoms with Gasteiger partial charge in [0.15, 0.2) is 5.69 Å². The number of aromatic nitrogens is 5. The molecule has 0 atom stereocenters. The van der Waals surface area contributed by atoms with E-state index in [1.165, 1.54) is 12.1 Å². The van der Waals surface area contributed by atoms with Crippen LogP contribution in [0.1, 0.15) is 40.9 Å². The van der Waals surface area contributed by atoms with Crippen molar-refractivity contribution in [2.75, 3.05) is 19.6 Å². The SMILES string of the molecule is Cc1c(C(=O)NCCc2nc3ccc(F)cc3[nH]2)nnn1C1CCNCC1. The van der Waals surface area contributed by atoms with Crippen LogP contribution in [0.3, 0.4) is 0 Å². The van der Waals surface area contributed by atoms with Crippen LogP contribution < -0.4 is 10.6 Å². The van der Waals surface area contributed by atoms with Crippen molar-refractivity contribution in [2.24, 2.45) is 0 Å². The Hall–Kier alpha value is -2.81. The van der Waals surface area contributed by atoms with Gasteiger partial charge in [-0.1, -0.05) is 5.21 Å². The lowest BCUT2D eigenvalue weighted by Gasteiger charge is -2.23. The number of nitrogens with zero attached hydrogens (tertiary/aromatic N) is 4. The molecule has 8 nitrogen and oxygen atoms in total. The quantitative estimate of drug-likeness (QED) is 0.631. The number of carbonyl (C=O) groups is 1. The molecule has 1 fully saturated rings.